The number of pyridine rings is 1. The second-order valence-electron chi connectivity index (χ2n) is 6.21. The highest BCUT2D eigenvalue weighted by molar-refractivity contribution is 6.35. The fourth-order valence-corrected chi connectivity index (χ4v) is 3.52. The van der Waals surface area contributed by atoms with Crippen LogP contribution in [0.3, 0.4) is 0 Å². The van der Waals surface area contributed by atoms with E-state index < -0.39 is 6.17 Å². The van der Waals surface area contributed by atoms with Gasteiger partial charge in [-0.25, -0.2) is 4.39 Å². The van der Waals surface area contributed by atoms with Gasteiger partial charge in [0.1, 0.15) is 6.17 Å². The smallest absolute Gasteiger partial charge is 0.258 e. The zero-order chi connectivity index (χ0) is 19.3. The molecule has 1 aromatic carbocycles. The number of nitrogens with zero attached hydrogens (tertiary/aromatic N) is 1. The van der Waals surface area contributed by atoms with Crippen LogP contribution in [0.1, 0.15) is 56.8 Å². The number of rotatable bonds is 3. The minimum atomic E-state index is -0.771. The first-order chi connectivity index (χ1) is 12.5. The van der Waals surface area contributed by atoms with Crippen LogP contribution in [0.2, 0.25) is 5.02 Å². The highest BCUT2D eigenvalue weighted by Crippen LogP contribution is 2.26. The Morgan fingerprint density at radius 3 is 2.46 bits per heavy atom. The number of carbonyl (C=O) groups is 1. The first kappa shape index (κ1) is 20.4. The molecule has 0 bridgehead atoms. The lowest BCUT2D eigenvalue weighted by molar-refractivity contribution is 0.0918. The number of amides is 1. The van der Waals surface area contributed by atoms with Crippen molar-refractivity contribution in [1.29, 1.82) is 0 Å². The Bertz CT molecular complexity index is 826. The van der Waals surface area contributed by atoms with Crippen LogP contribution in [-0.2, 0) is 6.54 Å². The van der Waals surface area contributed by atoms with Gasteiger partial charge < -0.3 is 9.88 Å². The third-order valence-electron chi connectivity index (χ3n) is 4.67. The lowest BCUT2D eigenvalue weighted by atomic mass is 9.93. The predicted molar refractivity (Wildman–Crippen MR) is 105 cm³/mol. The molecule has 0 spiro atoms. The molecule has 26 heavy (non-hydrogen) atoms. The molecule has 142 valence electrons. The number of fused-ring (bicyclic) bond motifs is 1. The number of nitrogens with one attached hydrogen (secondary N) is 1. The molecule has 1 saturated carbocycles. The monoisotopic (exact) mass is 380 g/mol. The molecular formula is C20H26ClFN2O2. The van der Waals surface area contributed by atoms with E-state index in [-0.39, 0.29) is 17.5 Å². The van der Waals surface area contributed by atoms with Crippen LogP contribution in [0.4, 0.5) is 4.39 Å². The van der Waals surface area contributed by atoms with Crippen LogP contribution in [0, 0.1) is 0 Å². The fraction of sp³-hybridized carbons (Fsp3) is 0.500. The van der Waals surface area contributed by atoms with Crippen LogP contribution < -0.4 is 10.9 Å². The summed E-state index contributed by atoms with van der Waals surface area (Å²) in [6, 6.07) is 4.93. The van der Waals surface area contributed by atoms with Gasteiger partial charge in [0.15, 0.2) is 0 Å². The highest BCUT2D eigenvalue weighted by atomic mass is 35.5. The maximum Gasteiger partial charge on any atom is 0.258 e. The molecule has 1 amide bonds. The standard InChI is InChI=1S/C18H20ClFN2O2.C2H6/c1-2-22-10-9-13-14(18(22)24)7-8-15(19)16(13)17(23)21-12-5-3-11(20)4-6-12;1-2/h7-12H,2-6H2,1H3,(H,21,23);1-2H3. The Morgan fingerprint density at radius 1 is 1.19 bits per heavy atom. The summed E-state index contributed by atoms with van der Waals surface area (Å²) in [6.45, 7) is 6.45. The van der Waals surface area contributed by atoms with E-state index in [1.54, 1.807) is 29.0 Å². The van der Waals surface area contributed by atoms with Gasteiger partial charge in [0.2, 0.25) is 0 Å². The number of aromatic nitrogens is 1. The Labute approximate surface area is 158 Å². The molecular weight excluding hydrogens is 355 g/mol. The van der Waals surface area contributed by atoms with Gasteiger partial charge in [-0.15, -0.1) is 0 Å². The molecule has 1 fully saturated rings. The lowest BCUT2D eigenvalue weighted by Gasteiger charge is -2.25. The Hall–Kier alpha value is -1.88. The van der Waals surface area contributed by atoms with Gasteiger partial charge in [-0.3, -0.25) is 9.59 Å². The number of aryl methyl sites for hydroxylation is 1. The maximum absolute atomic E-state index is 13.2. The van der Waals surface area contributed by atoms with Crippen molar-refractivity contribution in [2.75, 3.05) is 0 Å². The second-order valence-corrected chi connectivity index (χ2v) is 6.62. The minimum Gasteiger partial charge on any atom is -0.349 e. The molecule has 3 rings (SSSR count). The van der Waals surface area contributed by atoms with Crippen LogP contribution in [0.15, 0.2) is 29.2 Å². The number of halogens is 2. The van der Waals surface area contributed by atoms with Gasteiger partial charge in [-0.2, -0.15) is 0 Å². The normalized spacial score (nSPS) is 19.6. The Kier molecular flexibility index (Phi) is 7.21. The van der Waals surface area contributed by atoms with E-state index in [0.29, 0.717) is 53.6 Å². The molecule has 4 nitrogen and oxygen atoms in total. The number of hydrogen-bond acceptors (Lipinski definition) is 2. The molecule has 0 aliphatic heterocycles. The third-order valence-corrected chi connectivity index (χ3v) is 4.98. The van der Waals surface area contributed by atoms with Gasteiger partial charge in [0.05, 0.1) is 10.6 Å². The average Bonchev–Trinajstić information content (AvgIpc) is 2.65. The summed E-state index contributed by atoms with van der Waals surface area (Å²) in [5.74, 6) is -0.304. The summed E-state index contributed by atoms with van der Waals surface area (Å²) >= 11 is 6.24. The van der Waals surface area contributed by atoms with E-state index in [0.717, 1.165) is 0 Å². The summed E-state index contributed by atoms with van der Waals surface area (Å²) in [6.07, 6.45) is 3.08. The summed E-state index contributed by atoms with van der Waals surface area (Å²) in [7, 11) is 0. The molecule has 0 saturated heterocycles. The van der Waals surface area contributed by atoms with E-state index in [4.69, 9.17) is 11.6 Å². The van der Waals surface area contributed by atoms with Crippen molar-refractivity contribution in [2.24, 2.45) is 0 Å². The fourth-order valence-electron chi connectivity index (χ4n) is 3.27. The van der Waals surface area contributed by atoms with Crippen molar-refractivity contribution in [3.05, 3.63) is 45.3 Å². The number of carbonyl (C=O) groups excluding carboxylic acids is 1. The molecule has 1 N–H and O–H groups in total. The second kappa shape index (κ2) is 9.17. The van der Waals surface area contributed by atoms with Crippen molar-refractivity contribution in [3.8, 4) is 0 Å². The SMILES string of the molecule is CC.CCn1ccc2c(C(=O)NC3CCC(F)CC3)c(Cl)ccc2c1=O. The minimum absolute atomic E-state index is 0.0492. The van der Waals surface area contributed by atoms with Crippen LogP contribution in [-0.4, -0.2) is 22.7 Å². The van der Waals surface area contributed by atoms with E-state index in [9.17, 15) is 14.0 Å². The first-order valence-electron chi connectivity index (χ1n) is 9.27. The average molecular weight is 381 g/mol. The highest BCUT2D eigenvalue weighted by Gasteiger charge is 2.24. The predicted octanol–water partition coefficient (Wildman–Crippen LogP) is 4.71. The van der Waals surface area contributed by atoms with Gasteiger partial charge >= 0.3 is 0 Å². The quantitative estimate of drug-likeness (QED) is 0.838. The number of alkyl halides is 1. The van der Waals surface area contributed by atoms with Crippen molar-refractivity contribution in [1.82, 2.24) is 9.88 Å². The van der Waals surface area contributed by atoms with Gasteiger partial charge in [-0.1, -0.05) is 25.4 Å². The molecule has 1 heterocycles. The van der Waals surface area contributed by atoms with Gasteiger partial charge in [0.25, 0.3) is 11.5 Å². The largest absolute Gasteiger partial charge is 0.349 e. The van der Waals surface area contributed by atoms with Crippen molar-refractivity contribution in [3.63, 3.8) is 0 Å². The zero-order valence-electron chi connectivity index (χ0n) is 15.5. The molecule has 1 aliphatic carbocycles. The van der Waals surface area contributed by atoms with E-state index >= 15 is 0 Å². The summed E-state index contributed by atoms with van der Waals surface area (Å²) in [4.78, 5) is 25.1. The Morgan fingerprint density at radius 2 is 1.85 bits per heavy atom. The molecule has 1 aromatic heterocycles. The summed E-state index contributed by atoms with van der Waals surface area (Å²) in [5, 5.41) is 4.27. The van der Waals surface area contributed by atoms with Crippen LogP contribution in [0.5, 0.6) is 0 Å². The van der Waals surface area contributed by atoms with E-state index in [1.807, 2.05) is 20.8 Å². The van der Waals surface area contributed by atoms with E-state index in [2.05, 4.69) is 5.32 Å². The van der Waals surface area contributed by atoms with Crippen LogP contribution in [0.25, 0.3) is 10.8 Å². The van der Waals surface area contributed by atoms with Gasteiger partial charge in [-0.05, 0) is 50.8 Å². The first-order valence-corrected chi connectivity index (χ1v) is 9.65. The van der Waals surface area contributed by atoms with Gasteiger partial charge in [0, 0.05) is 29.6 Å². The molecule has 0 unspecified atom stereocenters. The molecule has 0 atom stereocenters. The molecule has 0 radical (unpaired) electrons. The third kappa shape index (κ3) is 4.26. The van der Waals surface area contributed by atoms with Crippen molar-refractivity contribution in [2.45, 2.75) is 65.2 Å². The van der Waals surface area contributed by atoms with Crippen molar-refractivity contribution >= 4 is 28.3 Å². The molecule has 6 heteroatoms. The van der Waals surface area contributed by atoms with E-state index in [1.165, 1.54) is 0 Å². The topological polar surface area (TPSA) is 51.1 Å². The summed E-state index contributed by atoms with van der Waals surface area (Å²) in [5.41, 5.74) is 0.176. The molecule has 2 aromatic rings. The maximum atomic E-state index is 13.2. The van der Waals surface area contributed by atoms with Crippen LogP contribution >= 0.6 is 11.6 Å². The summed E-state index contributed by atoms with van der Waals surface area (Å²) < 4.78 is 14.8. The number of hydrogen-bond donors (Lipinski definition) is 1. The lowest BCUT2D eigenvalue weighted by Crippen LogP contribution is -2.38. The Balaban J connectivity index is 0.00000117. The number of benzene rings is 1. The van der Waals surface area contributed by atoms with Crippen molar-refractivity contribution < 1.29 is 9.18 Å². The zero-order valence-corrected chi connectivity index (χ0v) is 16.3. The molecule has 1 aliphatic rings.